The molecule has 1 aliphatic carbocycles. The monoisotopic (exact) mass is 831 g/mol. The molecule has 1 saturated heterocycles. The van der Waals surface area contributed by atoms with Gasteiger partial charge < -0.3 is 14.3 Å². The molecule has 8 aromatic carbocycles. The van der Waals surface area contributed by atoms with Crippen molar-refractivity contribution in [3.8, 4) is 5.69 Å². The number of nitrogens with two attached hydrogens (primary N) is 1. The van der Waals surface area contributed by atoms with Gasteiger partial charge in [-0.3, -0.25) is 0 Å². The van der Waals surface area contributed by atoms with E-state index in [-0.39, 0.29) is 18.5 Å². The zero-order chi connectivity index (χ0) is 41.7. The molecule has 6 heteroatoms. The molecular formula is C57H47N4OSi+. The van der Waals surface area contributed by atoms with Crippen LogP contribution in [0.5, 0.6) is 0 Å². The molecule has 304 valence electrons. The van der Waals surface area contributed by atoms with E-state index in [9.17, 15) is 0 Å². The second-order valence-electron chi connectivity index (χ2n) is 17.1. The third kappa shape index (κ3) is 6.41. The first kappa shape index (κ1) is 37.7. The van der Waals surface area contributed by atoms with Gasteiger partial charge in [-0.1, -0.05) is 188 Å². The van der Waals surface area contributed by atoms with Crippen molar-refractivity contribution in [3.05, 3.63) is 241 Å². The van der Waals surface area contributed by atoms with Gasteiger partial charge in [-0.25, -0.2) is 10.6 Å². The lowest BCUT2D eigenvalue weighted by atomic mass is 10.0. The minimum absolute atomic E-state index is 0.0637. The summed E-state index contributed by atoms with van der Waals surface area (Å²) >= 11 is 0. The fourth-order valence-corrected chi connectivity index (χ4v) is 16.0. The Morgan fingerprint density at radius 3 is 1.76 bits per heavy atom. The summed E-state index contributed by atoms with van der Waals surface area (Å²) in [4.78, 5) is 0. The van der Waals surface area contributed by atoms with E-state index in [1.807, 2.05) is 0 Å². The van der Waals surface area contributed by atoms with Crippen molar-refractivity contribution in [3.63, 3.8) is 0 Å². The molecule has 1 aliphatic heterocycles. The van der Waals surface area contributed by atoms with Gasteiger partial charge in [-0.2, -0.15) is 0 Å². The molecule has 3 heterocycles. The molecule has 5 nitrogen and oxygen atoms in total. The summed E-state index contributed by atoms with van der Waals surface area (Å²) in [5.74, 6) is 0. The predicted octanol–water partition coefficient (Wildman–Crippen LogP) is 10.2. The van der Waals surface area contributed by atoms with Crippen LogP contribution in [0.1, 0.15) is 41.6 Å². The van der Waals surface area contributed by atoms with Gasteiger partial charge in [0.15, 0.2) is 20.4 Å². The number of allylic oxidation sites excluding steroid dienone is 4. The van der Waals surface area contributed by atoms with Gasteiger partial charge in [-0.15, -0.1) is 0 Å². The lowest BCUT2D eigenvalue weighted by Crippen LogP contribution is -2.94. The van der Waals surface area contributed by atoms with Crippen LogP contribution in [0.4, 0.5) is 0 Å². The quantitative estimate of drug-likeness (QED) is 0.106. The number of aromatic nitrogens is 1. The average molecular weight is 832 g/mol. The third-order valence-corrected chi connectivity index (χ3v) is 18.8. The maximum Gasteiger partial charge on any atom is 0.169 e. The van der Waals surface area contributed by atoms with Crippen molar-refractivity contribution < 1.29 is 9.73 Å². The number of fused-ring (bicyclic) bond motifs is 6. The molecule has 0 radical (unpaired) electrons. The van der Waals surface area contributed by atoms with Gasteiger partial charge in [-0.05, 0) is 69.5 Å². The number of para-hydroxylation sites is 1. The number of hydrogen-bond acceptors (Lipinski definition) is 3. The zero-order valence-corrected chi connectivity index (χ0v) is 35.8. The number of benzene rings is 8. The first-order valence-corrected chi connectivity index (χ1v) is 24.2. The van der Waals surface area contributed by atoms with Crippen molar-refractivity contribution in [1.82, 2.24) is 15.2 Å². The van der Waals surface area contributed by atoms with Crippen molar-refractivity contribution >= 4 is 67.4 Å². The largest absolute Gasteiger partial charge is 0.456 e. The van der Waals surface area contributed by atoms with E-state index in [4.69, 9.17) is 4.42 Å². The smallest absolute Gasteiger partial charge is 0.169 e. The Kier molecular flexibility index (Phi) is 9.38. The molecule has 2 aliphatic rings. The van der Waals surface area contributed by atoms with Crippen LogP contribution in [0, 0.1) is 0 Å². The Morgan fingerprint density at radius 1 is 0.476 bits per heavy atom. The molecule has 10 aromatic rings. The summed E-state index contributed by atoms with van der Waals surface area (Å²) in [6.07, 6.45) is 10.3. The highest BCUT2D eigenvalue weighted by molar-refractivity contribution is 7.12. The lowest BCUT2D eigenvalue weighted by Gasteiger charge is -2.40. The summed E-state index contributed by atoms with van der Waals surface area (Å²) in [7, 11) is -2.67. The van der Waals surface area contributed by atoms with Crippen molar-refractivity contribution in [2.24, 2.45) is 0 Å². The molecule has 2 aromatic heterocycles. The van der Waals surface area contributed by atoms with Crippen LogP contribution in [-0.2, 0) is 0 Å². The Bertz CT molecular complexity index is 3230. The van der Waals surface area contributed by atoms with Gasteiger partial charge in [0.1, 0.15) is 11.2 Å². The van der Waals surface area contributed by atoms with Crippen molar-refractivity contribution in [1.29, 1.82) is 0 Å². The maximum atomic E-state index is 6.61. The summed E-state index contributed by atoms with van der Waals surface area (Å²) in [5.41, 5.74) is 9.28. The number of nitrogens with one attached hydrogen (secondary N) is 2. The van der Waals surface area contributed by atoms with Crippen LogP contribution in [-0.4, -0.2) is 12.6 Å². The molecule has 0 spiro atoms. The van der Waals surface area contributed by atoms with E-state index in [2.05, 4.69) is 245 Å². The molecule has 4 N–H and O–H groups in total. The molecule has 0 bridgehead atoms. The van der Waals surface area contributed by atoms with Crippen LogP contribution in [0.2, 0.25) is 5.54 Å². The SMILES string of the molecule is C1=CCC([Si](c2ccccc2)(c2ccccc2)c2ccc3c(c2)c2cc4oc5ccccc5c4cc2n3-c2cccc(C3NC(c4ccccc4)[NH2+]C(c4ccccc4)N3)c2)C=C1. The average Bonchev–Trinajstić information content (AvgIpc) is 3.89. The molecule has 3 unspecified atom stereocenters. The minimum atomic E-state index is -2.67. The Labute approximate surface area is 368 Å². The van der Waals surface area contributed by atoms with Crippen LogP contribution in [0.15, 0.2) is 229 Å². The van der Waals surface area contributed by atoms with Gasteiger partial charge in [0.2, 0.25) is 0 Å². The van der Waals surface area contributed by atoms with Gasteiger partial charge in [0.25, 0.3) is 0 Å². The van der Waals surface area contributed by atoms with E-state index in [0.29, 0.717) is 5.54 Å². The first-order chi connectivity index (χ1) is 31.2. The number of nitrogens with zero attached hydrogens (tertiary/aromatic N) is 1. The van der Waals surface area contributed by atoms with Gasteiger partial charge in [0.05, 0.1) is 17.2 Å². The molecule has 3 atom stereocenters. The first-order valence-electron chi connectivity index (χ1n) is 22.1. The van der Waals surface area contributed by atoms with E-state index < -0.39 is 8.07 Å². The molecular weight excluding hydrogens is 785 g/mol. The van der Waals surface area contributed by atoms with E-state index in [1.165, 1.54) is 48.5 Å². The minimum Gasteiger partial charge on any atom is -0.456 e. The highest BCUT2D eigenvalue weighted by atomic mass is 28.3. The molecule has 0 amide bonds. The summed E-state index contributed by atoms with van der Waals surface area (Å²) in [6, 6.07) is 73.8. The Balaban J connectivity index is 1.07. The molecule has 0 saturated carbocycles. The summed E-state index contributed by atoms with van der Waals surface area (Å²) in [5, 5.41) is 19.2. The van der Waals surface area contributed by atoms with E-state index in [0.717, 1.165) is 39.6 Å². The summed E-state index contributed by atoms with van der Waals surface area (Å²) in [6.45, 7) is 0. The highest BCUT2D eigenvalue weighted by Crippen LogP contribution is 2.40. The lowest BCUT2D eigenvalue weighted by molar-refractivity contribution is -0.755. The van der Waals surface area contributed by atoms with Crippen LogP contribution in [0.25, 0.3) is 49.4 Å². The second kappa shape index (κ2) is 15.7. The predicted molar refractivity (Wildman–Crippen MR) is 262 cm³/mol. The van der Waals surface area contributed by atoms with Crippen molar-refractivity contribution in [2.45, 2.75) is 30.5 Å². The van der Waals surface area contributed by atoms with Crippen LogP contribution >= 0.6 is 0 Å². The maximum absolute atomic E-state index is 6.61. The zero-order valence-electron chi connectivity index (χ0n) is 34.8. The molecule has 1 fully saturated rings. The number of furan rings is 1. The fourth-order valence-electron chi connectivity index (χ4n) is 10.7. The standard InChI is InChI=1S/C57H46N4OSi/c1-6-19-39(20-7-1)55-58-56(40-21-8-2-9-22-40)60-57(59-55)41-23-18-24-42(35-41)61-51-34-33-46(36-48(51)49-38-54-50(37-52(49)61)47-31-16-17-32-53(47)62-54)63(43-25-10-3-11-26-43,44-27-12-4-13-28-44)45-29-14-5-15-30-45/h1-29,31-38,45,55-60H,30H2/p+1. The Morgan fingerprint density at radius 2 is 1.10 bits per heavy atom. The van der Waals surface area contributed by atoms with Crippen LogP contribution < -0.4 is 31.5 Å². The Hall–Kier alpha value is -7.06. The molecule has 63 heavy (non-hydrogen) atoms. The number of rotatable bonds is 8. The highest BCUT2D eigenvalue weighted by Gasteiger charge is 2.45. The number of hydrogen-bond donors (Lipinski definition) is 3. The summed E-state index contributed by atoms with van der Waals surface area (Å²) < 4.78 is 9.09. The van der Waals surface area contributed by atoms with E-state index in [1.54, 1.807) is 0 Å². The molecule has 12 rings (SSSR count). The normalized spacial score (nSPS) is 19.0. The van der Waals surface area contributed by atoms with Crippen LogP contribution in [0.3, 0.4) is 0 Å². The fraction of sp³-hybridized carbons (Fsp3) is 0.0877. The number of quaternary nitrogens is 1. The van der Waals surface area contributed by atoms with Gasteiger partial charge >= 0.3 is 0 Å². The van der Waals surface area contributed by atoms with Gasteiger partial charge in [0, 0.05) is 38.4 Å². The van der Waals surface area contributed by atoms with Crippen molar-refractivity contribution in [2.75, 3.05) is 0 Å². The second-order valence-corrected chi connectivity index (χ2v) is 21.1. The third-order valence-electron chi connectivity index (χ3n) is 13.6. The topological polar surface area (TPSA) is 58.7 Å². The van der Waals surface area contributed by atoms with E-state index >= 15 is 0 Å².